The van der Waals surface area contributed by atoms with E-state index in [1.54, 1.807) is 6.92 Å². The number of carbonyl (C=O) groups excluding carboxylic acids is 2. The minimum absolute atomic E-state index is 0.0210. The number of aliphatic hydroxyl groups is 1. The Labute approximate surface area is 281 Å². The van der Waals surface area contributed by atoms with Crippen LogP contribution in [0.1, 0.15) is 80.4 Å². The van der Waals surface area contributed by atoms with Crippen LogP contribution >= 0.6 is 0 Å². The number of methoxy groups -OCH3 is 1. The first-order chi connectivity index (χ1) is 23.2. The Kier molecular flexibility index (Phi) is 9.01. The molecule has 2 saturated carbocycles. The SMILES string of the molecule is COc1cc(C(=O)NC[C@](O)(c2cc3c(c(-c4ccc(F)cc4)n2)OC[C@]3(C)C(=O)NC2(C)CCCCC2)C(F)(F)F)ccc1OC1CC1. The number of halogens is 4. The number of hydrogen-bond acceptors (Lipinski definition) is 7. The molecule has 2 aromatic carbocycles. The van der Waals surface area contributed by atoms with E-state index < -0.39 is 52.6 Å². The van der Waals surface area contributed by atoms with Gasteiger partial charge in [-0.2, -0.15) is 13.2 Å². The number of carbonyl (C=O) groups is 2. The lowest BCUT2D eigenvalue weighted by Crippen LogP contribution is -2.54. The van der Waals surface area contributed by atoms with E-state index in [2.05, 4.69) is 15.6 Å². The van der Waals surface area contributed by atoms with Crippen molar-refractivity contribution in [2.75, 3.05) is 20.3 Å². The van der Waals surface area contributed by atoms with Gasteiger partial charge in [0, 0.05) is 22.2 Å². The third kappa shape index (κ3) is 6.77. The molecule has 13 heteroatoms. The first kappa shape index (κ1) is 34.5. The van der Waals surface area contributed by atoms with Crippen molar-refractivity contribution in [1.29, 1.82) is 0 Å². The van der Waals surface area contributed by atoms with Crippen LogP contribution in [0.15, 0.2) is 48.5 Å². The fourth-order valence-corrected chi connectivity index (χ4v) is 6.37. The summed E-state index contributed by atoms with van der Waals surface area (Å²) in [4.78, 5) is 31.3. The maximum atomic E-state index is 15.0. The van der Waals surface area contributed by atoms with Gasteiger partial charge in [0.05, 0.1) is 25.5 Å². The van der Waals surface area contributed by atoms with Gasteiger partial charge < -0.3 is 30.0 Å². The van der Waals surface area contributed by atoms with Crippen molar-refractivity contribution < 1.29 is 46.5 Å². The Balaban J connectivity index is 1.37. The standard InChI is InChI=1S/C36H39F4N3O6/c1-33(15-5-4-6-16-33)43-32(45)34(2)20-48-30-25(34)18-28(42-29(30)21-7-10-23(37)11-8-21)35(46,36(38,39)40)19-41-31(44)22-9-14-26(27(17-22)47-3)49-24-12-13-24/h7-11,14,17-18,24,46H,4-6,12-13,15-16,19-20H2,1-3H3,(H,41,44)(H,43,45)/t34-,35-/m0/s1. The molecule has 0 bridgehead atoms. The maximum absolute atomic E-state index is 15.0. The minimum Gasteiger partial charge on any atom is -0.493 e. The molecule has 49 heavy (non-hydrogen) atoms. The van der Waals surface area contributed by atoms with Gasteiger partial charge in [-0.3, -0.25) is 9.59 Å². The summed E-state index contributed by atoms with van der Waals surface area (Å²) in [6.45, 7) is 2.00. The summed E-state index contributed by atoms with van der Waals surface area (Å²) >= 11 is 0. The molecule has 3 aromatic rings. The van der Waals surface area contributed by atoms with Crippen molar-refractivity contribution in [1.82, 2.24) is 15.6 Å². The van der Waals surface area contributed by atoms with Crippen LogP contribution in [0.25, 0.3) is 11.3 Å². The monoisotopic (exact) mass is 685 g/mol. The molecule has 2 amide bonds. The highest BCUT2D eigenvalue weighted by molar-refractivity contribution is 5.95. The fraction of sp³-hybridized carbons (Fsp3) is 0.472. The molecule has 262 valence electrons. The normalized spacial score (nSPS) is 21.1. The molecule has 6 rings (SSSR count). The molecule has 1 aromatic heterocycles. The molecular formula is C36H39F4N3O6. The lowest BCUT2D eigenvalue weighted by Gasteiger charge is -2.37. The smallest absolute Gasteiger partial charge is 0.424 e. The van der Waals surface area contributed by atoms with E-state index in [-0.39, 0.29) is 46.6 Å². The van der Waals surface area contributed by atoms with Crippen LogP contribution < -0.4 is 24.8 Å². The van der Waals surface area contributed by atoms with Gasteiger partial charge in [-0.25, -0.2) is 9.37 Å². The number of amides is 2. The number of benzene rings is 2. The van der Waals surface area contributed by atoms with E-state index in [1.807, 2.05) is 6.92 Å². The Morgan fingerprint density at radius 2 is 1.71 bits per heavy atom. The number of rotatable bonds is 10. The summed E-state index contributed by atoms with van der Waals surface area (Å²) in [5.41, 5.74) is -6.38. The molecule has 2 heterocycles. The summed E-state index contributed by atoms with van der Waals surface area (Å²) in [7, 11) is 1.38. The average molecular weight is 686 g/mol. The summed E-state index contributed by atoms with van der Waals surface area (Å²) in [6, 6.07) is 10.1. The zero-order chi connectivity index (χ0) is 35.2. The molecule has 3 N–H and O–H groups in total. The maximum Gasteiger partial charge on any atom is 0.424 e. The fourth-order valence-electron chi connectivity index (χ4n) is 6.37. The molecular weight excluding hydrogens is 646 g/mol. The van der Waals surface area contributed by atoms with Gasteiger partial charge in [-0.15, -0.1) is 0 Å². The van der Waals surface area contributed by atoms with Gasteiger partial charge in [0.15, 0.2) is 11.5 Å². The molecule has 2 fully saturated rings. The zero-order valence-electron chi connectivity index (χ0n) is 27.5. The highest BCUT2D eigenvalue weighted by Gasteiger charge is 2.58. The summed E-state index contributed by atoms with van der Waals surface area (Å²) < 4.78 is 75.8. The first-order valence-corrected chi connectivity index (χ1v) is 16.4. The van der Waals surface area contributed by atoms with E-state index >= 15 is 0 Å². The van der Waals surface area contributed by atoms with Crippen LogP contribution in [0, 0.1) is 5.82 Å². The molecule has 2 atom stereocenters. The Morgan fingerprint density at radius 3 is 2.35 bits per heavy atom. The first-order valence-electron chi connectivity index (χ1n) is 16.4. The number of aromatic nitrogens is 1. The number of nitrogens with one attached hydrogen (secondary N) is 2. The molecule has 2 aliphatic carbocycles. The number of fused-ring (bicyclic) bond motifs is 1. The molecule has 1 aliphatic heterocycles. The minimum atomic E-state index is -5.34. The van der Waals surface area contributed by atoms with Crippen LogP contribution in [0.3, 0.4) is 0 Å². The van der Waals surface area contributed by atoms with Gasteiger partial charge in [0.1, 0.15) is 29.3 Å². The summed E-state index contributed by atoms with van der Waals surface area (Å²) in [6.07, 6.45) is 0.884. The van der Waals surface area contributed by atoms with Crippen LogP contribution in [-0.4, -0.2) is 60.0 Å². The lowest BCUT2D eigenvalue weighted by molar-refractivity contribution is -0.265. The lowest BCUT2D eigenvalue weighted by atomic mass is 9.78. The van der Waals surface area contributed by atoms with Crippen LogP contribution in [-0.2, 0) is 15.8 Å². The van der Waals surface area contributed by atoms with E-state index in [0.717, 1.165) is 63.1 Å². The third-order valence-electron chi connectivity index (χ3n) is 9.71. The third-order valence-corrected chi connectivity index (χ3v) is 9.71. The molecule has 0 spiro atoms. The Hall–Kier alpha value is -4.39. The highest BCUT2D eigenvalue weighted by Crippen LogP contribution is 2.48. The van der Waals surface area contributed by atoms with Crippen molar-refractivity contribution in [2.24, 2.45) is 0 Å². The molecule has 0 radical (unpaired) electrons. The van der Waals surface area contributed by atoms with Crippen molar-refractivity contribution in [2.45, 2.75) is 87.6 Å². The quantitative estimate of drug-likeness (QED) is 0.221. The average Bonchev–Trinajstić information content (AvgIpc) is 3.82. The highest BCUT2D eigenvalue weighted by atomic mass is 19.4. The van der Waals surface area contributed by atoms with Crippen LogP contribution in [0.5, 0.6) is 17.2 Å². The zero-order valence-corrected chi connectivity index (χ0v) is 27.5. The summed E-state index contributed by atoms with van der Waals surface area (Å²) in [5, 5.41) is 16.8. The number of nitrogens with zero attached hydrogens (tertiary/aromatic N) is 1. The number of ether oxygens (including phenoxy) is 3. The Morgan fingerprint density at radius 1 is 1.02 bits per heavy atom. The van der Waals surface area contributed by atoms with Crippen molar-refractivity contribution in [3.63, 3.8) is 0 Å². The van der Waals surface area contributed by atoms with Gasteiger partial charge in [0.25, 0.3) is 5.91 Å². The van der Waals surface area contributed by atoms with E-state index in [1.165, 1.54) is 37.4 Å². The number of hydrogen-bond donors (Lipinski definition) is 3. The predicted octanol–water partition coefficient (Wildman–Crippen LogP) is 6.11. The second kappa shape index (κ2) is 12.8. The van der Waals surface area contributed by atoms with Gasteiger partial charge in [-0.1, -0.05) is 19.3 Å². The van der Waals surface area contributed by atoms with Crippen molar-refractivity contribution in [3.05, 3.63) is 71.2 Å². The van der Waals surface area contributed by atoms with Crippen LogP contribution in [0.2, 0.25) is 0 Å². The second-order valence-electron chi connectivity index (χ2n) is 13.7. The second-order valence-corrected chi connectivity index (χ2v) is 13.7. The Bertz CT molecular complexity index is 1740. The van der Waals surface area contributed by atoms with E-state index in [9.17, 15) is 32.3 Å². The predicted molar refractivity (Wildman–Crippen MR) is 171 cm³/mol. The van der Waals surface area contributed by atoms with Gasteiger partial charge >= 0.3 is 6.18 Å². The van der Waals surface area contributed by atoms with E-state index in [4.69, 9.17) is 14.2 Å². The van der Waals surface area contributed by atoms with Gasteiger partial charge in [0.2, 0.25) is 11.5 Å². The molecule has 9 nitrogen and oxygen atoms in total. The van der Waals surface area contributed by atoms with Crippen molar-refractivity contribution in [3.8, 4) is 28.5 Å². The number of pyridine rings is 1. The molecule has 0 unspecified atom stereocenters. The number of alkyl halides is 3. The van der Waals surface area contributed by atoms with Gasteiger partial charge in [-0.05, 0) is 88.1 Å². The van der Waals surface area contributed by atoms with E-state index in [0.29, 0.717) is 5.75 Å². The largest absolute Gasteiger partial charge is 0.493 e. The van der Waals surface area contributed by atoms with Crippen LogP contribution in [0.4, 0.5) is 17.6 Å². The topological polar surface area (TPSA) is 119 Å². The molecule has 0 saturated heterocycles. The van der Waals surface area contributed by atoms with Crippen molar-refractivity contribution >= 4 is 11.8 Å². The summed E-state index contributed by atoms with van der Waals surface area (Å²) in [5.74, 6) is -1.25. The molecule has 3 aliphatic rings.